The van der Waals surface area contributed by atoms with Gasteiger partial charge in [-0.1, -0.05) is 31.0 Å². The number of aliphatic hydroxyl groups is 1. The monoisotopic (exact) mass is 246 g/mol. The van der Waals surface area contributed by atoms with Crippen LogP contribution in [0.25, 0.3) is 0 Å². The quantitative estimate of drug-likeness (QED) is 0.887. The van der Waals surface area contributed by atoms with Crippen LogP contribution in [0.4, 0.5) is 0 Å². The second-order valence-electron chi connectivity index (χ2n) is 5.76. The van der Waals surface area contributed by atoms with Gasteiger partial charge in [-0.25, -0.2) is 0 Å². The van der Waals surface area contributed by atoms with Gasteiger partial charge in [-0.3, -0.25) is 0 Å². The van der Waals surface area contributed by atoms with Crippen molar-refractivity contribution in [3.8, 4) is 0 Å². The number of hydrogen-bond donors (Lipinski definition) is 1. The molecule has 1 unspecified atom stereocenters. The molecule has 0 bridgehead atoms. The molecule has 18 heavy (non-hydrogen) atoms. The van der Waals surface area contributed by atoms with Gasteiger partial charge < -0.3 is 9.84 Å². The first-order valence-electron chi connectivity index (χ1n) is 7.10. The molecule has 0 aromatic heterocycles. The molecule has 1 fully saturated rings. The molecule has 2 aliphatic rings. The highest BCUT2D eigenvalue weighted by Gasteiger charge is 2.41. The van der Waals surface area contributed by atoms with Gasteiger partial charge in [0.1, 0.15) is 6.10 Å². The van der Waals surface area contributed by atoms with Crippen LogP contribution in [0.2, 0.25) is 0 Å². The van der Waals surface area contributed by atoms with Gasteiger partial charge in [0.05, 0.1) is 5.60 Å². The lowest BCUT2D eigenvalue weighted by molar-refractivity contribution is -0.100. The van der Waals surface area contributed by atoms with E-state index in [2.05, 4.69) is 18.2 Å². The smallest absolute Gasteiger partial charge is 0.108 e. The van der Waals surface area contributed by atoms with E-state index in [0.717, 1.165) is 37.7 Å². The lowest BCUT2D eigenvalue weighted by atomic mass is 9.88. The highest BCUT2D eigenvalue weighted by atomic mass is 16.5. The first-order valence-corrected chi connectivity index (χ1v) is 7.10. The van der Waals surface area contributed by atoms with Gasteiger partial charge in [-0.2, -0.15) is 0 Å². The van der Waals surface area contributed by atoms with E-state index in [1.54, 1.807) is 7.11 Å². The Morgan fingerprint density at radius 1 is 1.11 bits per heavy atom. The summed E-state index contributed by atoms with van der Waals surface area (Å²) in [4.78, 5) is 0. The fourth-order valence-corrected chi connectivity index (χ4v) is 3.63. The number of rotatable bonds is 3. The third-order valence-electron chi connectivity index (χ3n) is 4.79. The zero-order valence-corrected chi connectivity index (χ0v) is 11.1. The summed E-state index contributed by atoms with van der Waals surface area (Å²) in [5, 5.41) is 10.7. The van der Waals surface area contributed by atoms with E-state index in [9.17, 15) is 5.11 Å². The fraction of sp³-hybridized carbons (Fsp3) is 0.625. The Labute approximate surface area is 109 Å². The zero-order valence-electron chi connectivity index (χ0n) is 11.1. The van der Waals surface area contributed by atoms with Crippen molar-refractivity contribution in [2.75, 3.05) is 7.11 Å². The average molecular weight is 246 g/mol. The van der Waals surface area contributed by atoms with Crippen LogP contribution in [0, 0.1) is 0 Å². The Kier molecular flexibility index (Phi) is 3.16. The van der Waals surface area contributed by atoms with Gasteiger partial charge in [-0.05, 0) is 48.8 Å². The predicted octanol–water partition coefficient (Wildman–Crippen LogP) is 3.17. The Bertz CT molecular complexity index is 433. The SMILES string of the molecule is COC1(C(O)c2ccc3c(c2)CCC3)CCCC1. The summed E-state index contributed by atoms with van der Waals surface area (Å²) >= 11 is 0. The molecule has 1 N–H and O–H groups in total. The van der Waals surface area contributed by atoms with E-state index in [4.69, 9.17) is 4.74 Å². The third kappa shape index (κ3) is 1.88. The summed E-state index contributed by atoms with van der Waals surface area (Å²) < 4.78 is 5.68. The maximum Gasteiger partial charge on any atom is 0.108 e. The molecule has 2 heteroatoms. The van der Waals surface area contributed by atoms with Gasteiger partial charge >= 0.3 is 0 Å². The largest absolute Gasteiger partial charge is 0.385 e. The van der Waals surface area contributed by atoms with Crippen molar-refractivity contribution in [1.29, 1.82) is 0 Å². The number of hydrogen-bond acceptors (Lipinski definition) is 2. The molecule has 0 heterocycles. The second kappa shape index (κ2) is 4.67. The van der Waals surface area contributed by atoms with Crippen molar-refractivity contribution >= 4 is 0 Å². The maximum absolute atomic E-state index is 10.7. The third-order valence-corrected chi connectivity index (χ3v) is 4.79. The summed E-state index contributed by atoms with van der Waals surface area (Å²) in [6, 6.07) is 6.49. The molecule has 1 saturated carbocycles. The molecule has 1 atom stereocenters. The molecule has 3 rings (SSSR count). The summed E-state index contributed by atoms with van der Waals surface area (Å²) in [6.07, 6.45) is 7.41. The van der Waals surface area contributed by atoms with Crippen LogP contribution in [-0.2, 0) is 17.6 Å². The molecule has 0 spiro atoms. The Morgan fingerprint density at radius 3 is 2.56 bits per heavy atom. The van der Waals surface area contributed by atoms with E-state index >= 15 is 0 Å². The second-order valence-corrected chi connectivity index (χ2v) is 5.76. The Morgan fingerprint density at radius 2 is 1.83 bits per heavy atom. The van der Waals surface area contributed by atoms with Crippen LogP contribution in [0.15, 0.2) is 18.2 Å². The van der Waals surface area contributed by atoms with E-state index < -0.39 is 6.10 Å². The number of benzene rings is 1. The number of aliphatic hydroxyl groups excluding tert-OH is 1. The minimum atomic E-state index is -0.476. The van der Waals surface area contributed by atoms with E-state index in [1.165, 1.54) is 24.0 Å². The normalized spacial score (nSPS) is 23.0. The van der Waals surface area contributed by atoms with Crippen LogP contribution < -0.4 is 0 Å². The van der Waals surface area contributed by atoms with Crippen LogP contribution >= 0.6 is 0 Å². The van der Waals surface area contributed by atoms with E-state index in [1.807, 2.05) is 0 Å². The van der Waals surface area contributed by atoms with E-state index in [0.29, 0.717) is 0 Å². The number of fused-ring (bicyclic) bond motifs is 1. The molecular formula is C16H22O2. The molecule has 1 aromatic carbocycles. The van der Waals surface area contributed by atoms with Crippen LogP contribution in [0.3, 0.4) is 0 Å². The highest BCUT2D eigenvalue weighted by Crippen LogP contribution is 2.43. The van der Waals surface area contributed by atoms with Crippen LogP contribution in [0.1, 0.15) is 54.9 Å². The average Bonchev–Trinajstić information content (AvgIpc) is 3.06. The molecular weight excluding hydrogens is 224 g/mol. The van der Waals surface area contributed by atoms with Crippen molar-refractivity contribution in [3.63, 3.8) is 0 Å². The highest BCUT2D eigenvalue weighted by molar-refractivity contribution is 5.37. The van der Waals surface area contributed by atoms with Crippen molar-refractivity contribution in [1.82, 2.24) is 0 Å². The number of aryl methyl sites for hydroxylation is 2. The van der Waals surface area contributed by atoms with Gasteiger partial charge in [0.25, 0.3) is 0 Å². The summed E-state index contributed by atoms with van der Waals surface area (Å²) in [5.74, 6) is 0. The molecule has 0 radical (unpaired) electrons. The van der Waals surface area contributed by atoms with Crippen LogP contribution in [-0.4, -0.2) is 17.8 Å². The fourth-order valence-electron chi connectivity index (χ4n) is 3.63. The lowest BCUT2D eigenvalue weighted by Crippen LogP contribution is -2.35. The Hall–Kier alpha value is -0.860. The van der Waals surface area contributed by atoms with Crippen LogP contribution in [0.5, 0.6) is 0 Å². The van der Waals surface area contributed by atoms with Gasteiger partial charge in [0.2, 0.25) is 0 Å². The summed E-state index contributed by atoms with van der Waals surface area (Å²) in [5.41, 5.74) is 3.59. The summed E-state index contributed by atoms with van der Waals surface area (Å²) in [7, 11) is 1.74. The van der Waals surface area contributed by atoms with Crippen molar-refractivity contribution in [2.45, 2.75) is 56.7 Å². The molecule has 0 aliphatic heterocycles. The summed E-state index contributed by atoms with van der Waals surface area (Å²) in [6.45, 7) is 0. The van der Waals surface area contributed by atoms with Crippen molar-refractivity contribution in [2.24, 2.45) is 0 Å². The topological polar surface area (TPSA) is 29.5 Å². The predicted molar refractivity (Wildman–Crippen MR) is 71.6 cm³/mol. The maximum atomic E-state index is 10.7. The van der Waals surface area contributed by atoms with Gasteiger partial charge in [0, 0.05) is 7.11 Å². The van der Waals surface area contributed by atoms with E-state index in [-0.39, 0.29) is 5.60 Å². The molecule has 2 aliphatic carbocycles. The van der Waals surface area contributed by atoms with Gasteiger partial charge in [0.15, 0.2) is 0 Å². The first-order chi connectivity index (χ1) is 8.75. The molecule has 1 aromatic rings. The molecule has 0 amide bonds. The molecule has 98 valence electrons. The minimum Gasteiger partial charge on any atom is -0.385 e. The molecule has 2 nitrogen and oxygen atoms in total. The molecule has 0 saturated heterocycles. The first kappa shape index (κ1) is 12.2. The van der Waals surface area contributed by atoms with Gasteiger partial charge in [-0.15, -0.1) is 0 Å². The number of methoxy groups -OCH3 is 1. The zero-order chi connectivity index (χ0) is 12.6. The standard InChI is InChI=1S/C16H22O2/c1-18-16(9-2-3-10-16)15(17)14-8-7-12-5-4-6-13(12)11-14/h7-8,11,15,17H,2-6,9-10H2,1H3. The van der Waals surface area contributed by atoms with Crippen molar-refractivity contribution in [3.05, 3.63) is 34.9 Å². The van der Waals surface area contributed by atoms with Crippen molar-refractivity contribution < 1.29 is 9.84 Å². The Balaban J connectivity index is 1.89. The lowest BCUT2D eigenvalue weighted by Gasteiger charge is -2.33. The minimum absolute atomic E-state index is 0.340. The number of ether oxygens (including phenoxy) is 1.